The fraction of sp³-hybridized carbons (Fsp3) is 0.600. The smallest absolute Gasteiger partial charge is 0.377 e. The second kappa shape index (κ2) is 9.64. The van der Waals surface area contributed by atoms with Gasteiger partial charge in [0, 0.05) is 27.4 Å². The van der Waals surface area contributed by atoms with Gasteiger partial charge in [-0.3, -0.25) is 0 Å². The Labute approximate surface area is 127 Å². The number of hydrogen-bond donors (Lipinski definition) is 0. The van der Waals surface area contributed by atoms with Crippen molar-refractivity contribution in [3.63, 3.8) is 0 Å². The molecule has 0 aromatic heterocycles. The summed E-state index contributed by atoms with van der Waals surface area (Å²) in [6.45, 7) is 11.6. The molecule has 0 bridgehead atoms. The summed E-state index contributed by atoms with van der Waals surface area (Å²) in [5.74, 6) is 0.313. The molecule has 5 heteroatoms. The zero-order chi connectivity index (χ0) is 15.6. The Morgan fingerprint density at radius 3 is 1.75 bits per heavy atom. The van der Waals surface area contributed by atoms with E-state index in [0.717, 1.165) is 25.3 Å². The molecule has 0 aromatic carbocycles. The van der Waals surface area contributed by atoms with Gasteiger partial charge in [0.25, 0.3) is 0 Å². The molecule has 0 rings (SSSR count). The van der Waals surface area contributed by atoms with Crippen LogP contribution in [0.15, 0.2) is 38.0 Å². The molecule has 0 saturated carbocycles. The molecule has 0 amide bonds. The molecule has 0 radical (unpaired) electrons. The van der Waals surface area contributed by atoms with Crippen LogP contribution < -0.4 is 0 Å². The van der Waals surface area contributed by atoms with Crippen molar-refractivity contribution in [2.45, 2.75) is 30.5 Å². The van der Waals surface area contributed by atoms with E-state index in [-0.39, 0.29) is 5.16 Å². The first kappa shape index (κ1) is 19.7. The summed E-state index contributed by atoms with van der Waals surface area (Å²) in [6, 6.07) is 0.744. The van der Waals surface area contributed by atoms with Crippen LogP contribution in [0.4, 0.5) is 0 Å². The molecule has 0 aliphatic rings. The van der Waals surface area contributed by atoms with Crippen LogP contribution in [0, 0.1) is 5.92 Å². The van der Waals surface area contributed by atoms with Gasteiger partial charge in [-0.25, -0.2) is 0 Å². The molecule has 0 fully saturated rings. The molecule has 2 unspecified atom stereocenters. The van der Waals surface area contributed by atoms with Crippen LogP contribution in [-0.2, 0) is 13.3 Å². The van der Waals surface area contributed by atoms with Crippen LogP contribution in [0.25, 0.3) is 0 Å². The fourth-order valence-electron chi connectivity index (χ4n) is 2.48. The third kappa shape index (κ3) is 5.26. The van der Waals surface area contributed by atoms with Gasteiger partial charge in [0.05, 0.1) is 0 Å². The maximum Gasteiger partial charge on any atom is 0.500 e. The van der Waals surface area contributed by atoms with E-state index >= 15 is 0 Å². The van der Waals surface area contributed by atoms with Gasteiger partial charge in [0.2, 0.25) is 0 Å². The van der Waals surface area contributed by atoms with E-state index in [0.29, 0.717) is 5.92 Å². The van der Waals surface area contributed by atoms with Crippen molar-refractivity contribution in [1.82, 2.24) is 0 Å². The average molecular weight is 316 g/mol. The van der Waals surface area contributed by atoms with Gasteiger partial charge >= 0.3 is 8.80 Å². The Hall–Kier alpha value is -0.253. The molecule has 0 aromatic rings. The van der Waals surface area contributed by atoms with Crippen LogP contribution in [0.2, 0.25) is 6.04 Å². The lowest BCUT2D eigenvalue weighted by Crippen LogP contribution is -2.47. The normalized spacial score (nSPS) is 13.8. The molecule has 0 N–H and O–H groups in total. The maximum absolute atomic E-state index is 5.56. The number of rotatable bonds is 12. The lowest BCUT2D eigenvalue weighted by Gasteiger charge is -2.39. The van der Waals surface area contributed by atoms with Gasteiger partial charge in [-0.15, -0.1) is 29.0 Å². The van der Waals surface area contributed by atoms with Crippen molar-refractivity contribution < 1.29 is 13.3 Å². The van der Waals surface area contributed by atoms with E-state index in [2.05, 4.69) is 29.0 Å². The lowest BCUT2D eigenvalue weighted by atomic mass is 9.84. The Morgan fingerprint density at radius 1 is 1.00 bits per heavy atom. The molecule has 116 valence electrons. The van der Waals surface area contributed by atoms with Crippen molar-refractivity contribution in [3.05, 3.63) is 38.0 Å². The Morgan fingerprint density at radius 2 is 1.45 bits per heavy atom. The van der Waals surface area contributed by atoms with Crippen molar-refractivity contribution in [2.24, 2.45) is 5.92 Å². The summed E-state index contributed by atoms with van der Waals surface area (Å²) in [5, 5.41) is -0.0223. The minimum atomic E-state index is -2.62. The predicted molar refractivity (Wildman–Crippen MR) is 92.0 cm³/mol. The van der Waals surface area contributed by atoms with E-state index in [4.69, 9.17) is 13.3 Å². The first-order valence-electron chi connectivity index (χ1n) is 6.74. The summed E-state index contributed by atoms with van der Waals surface area (Å²) in [4.78, 5) is 0. The molecule has 0 saturated heterocycles. The van der Waals surface area contributed by atoms with Crippen LogP contribution in [-0.4, -0.2) is 35.3 Å². The molecule has 0 aliphatic heterocycles. The van der Waals surface area contributed by atoms with E-state index in [1.165, 1.54) is 0 Å². The molecule has 2 atom stereocenters. The van der Waals surface area contributed by atoms with Crippen molar-refractivity contribution in [3.8, 4) is 0 Å². The highest BCUT2D eigenvalue weighted by atomic mass is 31.0. The van der Waals surface area contributed by atoms with E-state index in [1.54, 1.807) is 21.3 Å². The zero-order valence-corrected chi connectivity index (χ0v) is 15.2. The van der Waals surface area contributed by atoms with Crippen molar-refractivity contribution in [1.29, 1.82) is 0 Å². The van der Waals surface area contributed by atoms with Gasteiger partial charge in [-0.05, 0) is 30.3 Å². The second-order valence-electron chi connectivity index (χ2n) is 4.94. The van der Waals surface area contributed by atoms with Gasteiger partial charge in [0.15, 0.2) is 0 Å². The minimum absolute atomic E-state index is 0.0223. The maximum atomic E-state index is 5.56. The zero-order valence-electron chi connectivity index (χ0n) is 13.1. The van der Waals surface area contributed by atoms with E-state index < -0.39 is 8.80 Å². The molecular weight excluding hydrogens is 287 g/mol. The van der Waals surface area contributed by atoms with Crippen molar-refractivity contribution >= 4 is 18.0 Å². The second-order valence-corrected chi connectivity index (χ2v) is 9.09. The first-order valence-corrected chi connectivity index (χ1v) is 9.25. The van der Waals surface area contributed by atoms with Gasteiger partial charge < -0.3 is 13.3 Å². The fourth-order valence-corrected chi connectivity index (χ4v) is 5.48. The summed E-state index contributed by atoms with van der Waals surface area (Å²) < 4.78 is 16.7. The summed E-state index contributed by atoms with van der Waals surface area (Å²) in [6.07, 6.45) is 8.46. The van der Waals surface area contributed by atoms with Crippen LogP contribution in [0.5, 0.6) is 0 Å². The summed E-state index contributed by atoms with van der Waals surface area (Å²) >= 11 is 0. The quantitative estimate of drug-likeness (QED) is 0.311. The first-order chi connectivity index (χ1) is 9.47. The van der Waals surface area contributed by atoms with Crippen LogP contribution in [0.1, 0.15) is 19.3 Å². The van der Waals surface area contributed by atoms with Gasteiger partial charge in [-0.1, -0.05) is 18.2 Å². The Kier molecular flexibility index (Phi) is 9.52. The van der Waals surface area contributed by atoms with Gasteiger partial charge in [0.1, 0.15) is 0 Å². The standard InChI is InChI=1S/C15H29O3PSi/c1-7-10-14(13-20(16-4,17-5)18-6)15(19,11-8-2)12-9-3/h7-9,14H,1-3,10-13,19H2,4-6H3. The molecule has 20 heavy (non-hydrogen) atoms. The van der Waals surface area contributed by atoms with E-state index in [9.17, 15) is 0 Å². The summed E-state index contributed by atoms with van der Waals surface area (Å²) in [7, 11) is 5.31. The molecule has 0 heterocycles. The highest BCUT2D eigenvalue weighted by Crippen LogP contribution is 2.42. The average Bonchev–Trinajstić information content (AvgIpc) is 2.44. The third-order valence-corrected chi connectivity index (χ3v) is 7.54. The topological polar surface area (TPSA) is 27.7 Å². The largest absolute Gasteiger partial charge is 0.500 e. The predicted octanol–water partition coefficient (Wildman–Crippen LogP) is 3.82. The van der Waals surface area contributed by atoms with Crippen LogP contribution in [0.3, 0.4) is 0 Å². The Balaban J connectivity index is 5.31. The van der Waals surface area contributed by atoms with E-state index in [1.807, 2.05) is 18.2 Å². The Bertz CT molecular complexity index is 298. The highest BCUT2D eigenvalue weighted by molar-refractivity contribution is 7.19. The highest BCUT2D eigenvalue weighted by Gasteiger charge is 2.45. The lowest BCUT2D eigenvalue weighted by molar-refractivity contribution is 0.115. The van der Waals surface area contributed by atoms with Crippen LogP contribution >= 0.6 is 9.24 Å². The number of hydrogen-bond acceptors (Lipinski definition) is 3. The molecule has 3 nitrogen and oxygen atoms in total. The molecule has 0 spiro atoms. The van der Waals surface area contributed by atoms with Crippen molar-refractivity contribution in [2.75, 3.05) is 21.3 Å². The summed E-state index contributed by atoms with van der Waals surface area (Å²) in [5.41, 5.74) is 0. The minimum Gasteiger partial charge on any atom is -0.377 e. The monoisotopic (exact) mass is 316 g/mol. The van der Waals surface area contributed by atoms with Gasteiger partial charge in [-0.2, -0.15) is 0 Å². The number of allylic oxidation sites excluding steroid dienone is 3. The third-order valence-electron chi connectivity index (χ3n) is 3.74. The molecule has 0 aliphatic carbocycles. The molecular formula is C15H29O3PSi. The SMILES string of the molecule is C=CCC(C[Si](OC)(OC)OC)C(P)(CC=C)CC=C.